The van der Waals surface area contributed by atoms with Crippen molar-refractivity contribution in [1.82, 2.24) is 5.32 Å². The van der Waals surface area contributed by atoms with Gasteiger partial charge in [-0.05, 0) is 12.8 Å². The topological polar surface area (TPSA) is 46.2 Å². The average Bonchev–Trinajstić information content (AvgIpc) is 2.37. The predicted octanol–water partition coefficient (Wildman–Crippen LogP) is 2.41. The summed E-state index contributed by atoms with van der Waals surface area (Å²) in [6, 6.07) is 0. The first-order valence-electron chi connectivity index (χ1n) is 4.62. The van der Waals surface area contributed by atoms with Crippen molar-refractivity contribution < 1.29 is 9.59 Å². The highest BCUT2D eigenvalue weighted by Crippen LogP contribution is 2.54. The second-order valence-corrected chi connectivity index (χ2v) is 8.22. The van der Waals surface area contributed by atoms with E-state index in [9.17, 15) is 9.59 Å². The van der Waals surface area contributed by atoms with Crippen LogP contribution in [0, 0.1) is 5.92 Å². The fourth-order valence-electron chi connectivity index (χ4n) is 2.06. The zero-order valence-electron chi connectivity index (χ0n) is 8.00. The number of hydrogen-bond acceptors (Lipinski definition) is 3. The molecule has 1 fully saturated rings. The van der Waals surface area contributed by atoms with Crippen LogP contribution in [-0.4, -0.2) is 19.7 Å². The molecule has 1 saturated heterocycles. The zero-order chi connectivity index (χ0) is 12.0. The molecule has 1 heterocycles. The first-order chi connectivity index (χ1) is 7.35. The Hall–Kier alpha value is 0.1000. The van der Waals surface area contributed by atoms with E-state index in [4.69, 9.17) is 34.8 Å². The van der Waals surface area contributed by atoms with Crippen LogP contribution in [0.4, 0.5) is 0 Å². The van der Waals surface area contributed by atoms with E-state index in [2.05, 4.69) is 5.32 Å². The molecular formula is C9H8Cl3NO2S. The second kappa shape index (κ2) is 4.09. The van der Waals surface area contributed by atoms with Crippen LogP contribution in [0.15, 0.2) is 12.2 Å². The number of allylic oxidation sites excluding steroid dienone is 2. The van der Waals surface area contributed by atoms with Crippen LogP contribution in [0.5, 0.6) is 0 Å². The molecule has 0 aromatic rings. The summed E-state index contributed by atoms with van der Waals surface area (Å²) in [5, 5.41) is 2.31. The van der Waals surface area contributed by atoms with Crippen molar-refractivity contribution in [2.24, 2.45) is 5.92 Å². The minimum atomic E-state index is -1.61. The monoisotopic (exact) mass is 299 g/mol. The van der Waals surface area contributed by atoms with Crippen molar-refractivity contribution in [2.45, 2.75) is 20.7 Å². The third-order valence-electron chi connectivity index (χ3n) is 2.76. The van der Waals surface area contributed by atoms with Crippen LogP contribution in [0.25, 0.3) is 0 Å². The molecule has 88 valence electrons. The van der Waals surface area contributed by atoms with Crippen LogP contribution in [-0.2, 0) is 9.59 Å². The van der Waals surface area contributed by atoms with Gasteiger partial charge in [0, 0.05) is 0 Å². The molecule has 2 atom stereocenters. The largest absolute Gasteiger partial charge is 0.295 e. The highest BCUT2D eigenvalue weighted by Gasteiger charge is 2.58. The molecule has 1 aliphatic heterocycles. The summed E-state index contributed by atoms with van der Waals surface area (Å²) in [5.74, 6) is -1.08. The highest BCUT2D eigenvalue weighted by molar-refractivity contribution is 8.06. The van der Waals surface area contributed by atoms with E-state index in [1.807, 2.05) is 12.2 Å². The number of carbonyl (C=O) groups is 2. The van der Waals surface area contributed by atoms with Crippen molar-refractivity contribution in [3.05, 3.63) is 12.2 Å². The van der Waals surface area contributed by atoms with Gasteiger partial charge in [-0.3, -0.25) is 14.9 Å². The number of imide groups is 1. The number of rotatable bonds is 1. The Morgan fingerprint density at radius 1 is 1.38 bits per heavy atom. The van der Waals surface area contributed by atoms with Gasteiger partial charge in [0.05, 0.1) is 5.92 Å². The number of carbonyl (C=O) groups excluding carboxylic acids is 2. The Morgan fingerprint density at radius 2 is 2.06 bits per heavy atom. The van der Waals surface area contributed by atoms with Gasteiger partial charge in [-0.1, -0.05) is 58.7 Å². The van der Waals surface area contributed by atoms with E-state index >= 15 is 0 Å². The first-order valence-corrected chi connectivity index (χ1v) is 6.57. The summed E-state index contributed by atoms with van der Waals surface area (Å²) in [7, 11) is 0. The van der Waals surface area contributed by atoms with Crippen LogP contribution >= 0.6 is 46.6 Å². The SMILES string of the molecule is O=C1NC(=O)C2(SC(Cl)(Cl)Cl)CC=CCC12. The Labute approximate surface area is 112 Å². The third kappa shape index (κ3) is 2.08. The van der Waals surface area contributed by atoms with E-state index < -0.39 is 13.8 Å². The minimum absolute atomic E-state index is 0.281. The van der Waals surface area contributed by atoms with E-state index in [1.165, 1.54) is 0 Å². The molecule has 1 N–H and O–H groups in total. The lowest BCUT2D eigenvalue weighted by Gasteiger charge is -2.34. The van der Waals surface area contributed by atoms with Gasteiger partial charge in [0.1, 0.15) is 4.75 Å². The lowest BCUT2D eigenvalue weighted by Crippen LogP contribution is -2.42. The smallest absolute Gasteiger partial charge is 0.244 e. The Balaban J connectivity index is 2.37. The van der Waals surface area contributed by atoms with E-state index in [0.29, 0.717) is 12.8 Å². The molecule has 0 saturated carbocycles. The van der Waals surface area contributed by atoms with Crippen LogP contribution in [0.3, 0.4) is 0 Å². The van der Waals surface area contributed by atoms with E-state index in [0.717, 1.165) is 11.8 Å². The lowest BCUT2D eigenvalue weighted by atomic mass is 9.84. The maximum absolute atomic E-state index is 11.9. The van der Waals surface area contributed by atoms with Gasteiger partial charge >= 0.3 is 0 Å². The molecule has 7 heteroatoms. The number of hydrogen-bond donors (Lipinski definition) is 1. The summed E-state index contributed by atoms with van der Waals surface area (Å²) in [6.45, 7) is 0. The van der Waals surface area contributed by atoms with Crippen molar-refractivity contribution in [3.63, 3.8) is 0 Å². The molecular weight excluding hydrogens is 293 g/mol. The van der Waals surface area contributed by atoms with E-state index in [-0.39, 0.29) is 11.8 Å². The van der Waals surface area contributed by atoms with Crippen LogP contribution in [0.2, 0.25) is 0 Å². The fraction of sp³-hybridized carbons (Fsp3) is 0.556. The van der Waals surface area contributed by atoms with Gasteiger partial charge in [0.25, 0.3) is 0 Å². The molecule has 2 unspecified atom stereocenters. The van der Waals surface area contributed by atoms with Crippen LogP contribution < -0.4 is 5.32 Å². The second-order valence-electron chi connectivity index (χ2n) is 3.72. The van der Waals surface area contributed by atoms with Crippen molar-refractivity contribution in [3.8, 4) is 0 Å². The van der Waals surface area contributed by atoms with Gasteiger partial charge in [0.15, 0.2) is 0 Å². The standard InChI is InChI=1S/C9H8Cl3NO2S/c10-9(11,12)16-8-4-2-1-3-5(8)6(14)13-7(8)15/h1-2,5H,3-4H2,(H,13,14,15). The van der Waals surface area contributed by atoms with Gasteiger partial charge in [-0.2, -0.15) is 0 Å². The van der Waals surface area contributed by atoms with Gasteiger partial charge < -0.3 is 0 Å². The normalized spacial score (nSPS) is 33.8. The maximum atomic E-state index is 11.9. The average molecular weight is 301 g/mol. The lowest BCUT2D eigenvalue weighted by molar-refractivity contribution is -0.125. The van der Waals surface area contributed by atoms with Crippen molar-refractivity contribution >= 4 is 58.4 Å². The van der Waals surface area contributed by atoms with E-state index in [1.54, 1.807) is 0 Å². The molecule has 1 aliphatic carbocycles. The summed E-state index contributed by atoms with van der Waals surface area (Å²) >= 11 is 18.1. The molecule has 0 spiro atoms. The number of alkyl halides is 3. The number of thioether (sulfide) groups is 1. The molecule has 0 bridgehead atoms. The summed E-state index contributed by atoms with van der Waals surface area (Å²) in [5.41, 5.74) is 0. The van der Waals surface area contributed by atoms with Gasteiger partial charge in [-0.25, -0.2) is 0 Å². The van der Waals surface area contributed by atoms with Gasteiger partial charge in [-0.15, -0.1) is 0 Å². The summed E-state index contributed by atoms with van der Waals surface area (Å²) < 4.78 is -2.57. The first kappa shape index (κ1) is 12.6. The van der Waals surface area contributed by atoms with Crippen molar-refractivity contribution in [1.29, 1.82) is 0 Å². The Morgan fingerprint density at radius 3 is 2.69 bits per heavy atom. The summed E-state index contributed by atoms with van der Waals surface area (Å²) in [4.78, 5) is 23.5. The number of halogens is 3. The van der Waals surface area contributed by atoms with Gasteiger partial charge in [0.2, 0.25) is 14.9 Å². The minimum Gasteiger partial charge on any atom is -0.295 e. The number of fused-ring (bicyclic) bond motifs is 1. The Bertz CT molecular complexity index is 379. The number of amides is 2. The molecule has 2 amide bonds. The zero-order valence-corrected chi connectivity index (χ0v) is 11.1. The molecule has 2 rings (SSSR count). The molecule has 0 aromatic carbocycles. The van der Waals surface area contributed by atoms with Crippen LogP contribution in [0.1, 0.15) is 12.8 Å². The molecule has 16 heavy (non-hydrogen) atoms. The predicted molar refractivity (Wildman–Crippen MR) is 65.6 cm³/mol. The fourth-order valence-corrected chi connectivity index (χ4v) is 4.38. The van der Waals surface area contributed by atoms with Crippen molar-refractivity contribution in [2.75, 3.05) is 0 Å². The molecule has 3 nitrogen and oxygen atoms in total. The third-order valence-corrected chi connectivity index (χ3v) is 4.68. The molecule has 0 radical (unpaired) electrons. The Kier molecular flexibility index (Phi) is 3.21. The summed E-state index contributed by atoms with van der Waals surface area (Å²) in [6.07, 6.45) is 4.64. The quantitative estimate of drug-likeness (QED) is 0.459. The molecule has 0 aromatic heterocycles. The molecule has 2 aliphatic rings. The maximum Gasteiger partial charge on any atom is 0.244 e. The number of nitrogens with one attached hydrogen (secondary N) is 1. The highest BCUT2D eigenvalue weighted by atomic mass is 35.6.